The van der Waals surface area contributed by atoms with Gasteiger partial charge in [0, 0.05) is 6.92 Å². The standard InChI is InChI=1S/C14H18O8/c1-7(15)20-6-10-11(17)12(18)13(19)14(22-10)21-9-4-2-8(16)3-5-9/h2-5,10-14,16-19H,6H2,1H3. The minimum Gasteiger partial charge on any atom is -0.508 e. The molecule has 0 amide bonds. The molecule has 1 aliphatic heterocycles. The Labute approximate surface area is 126 Å². The van der Waals surface area contributed by atoms with Gasteiger partial charge in [0.2, 0.25) is 6.29 Å². The summed E-state index contributed by atoms with van der Waals surface area (Å²) in [5, 5.41) is 38.8. The Morgan fingerprint density at radius 3 is 2.36 bits per heavy atom. The summed E-state index contributed by atoms with van der Waals surface area (Å²) < 4.78 is 15.5. The average Bonchev–Trinajstić information content (AvgIpc) is 2.48. The molecule has 2 rings (SSSR count). The molecule has 1 aliphatic rings. The van der Waals surface area contributed by atoms with E-state index in [1.54, 1.807) is 0 Å². The lowest BCUT2D eigenvalue weighted by molar-refractivity contribution is -0.278. The van der Waals surface area contributed by atoms with E-state index in [4.69, 9.17) is 14.2 Å². The molecule has 1 fully saturated rings. The molecule has 1 aromatic rings. The number of phenols is 1. The number of carbonyl (C=O) groups is 1. The molecule has 8 heteroatoms. The Morgan fingerprint density at radius 1 is 1.14 bits per heavy atom. The van der Waals surface area contributed by atoms with Crippen molar-refractivity contribution in [1.29, 1.82) is 0 Å². The second-order valence-electron chi connectivity index (χ2n) is 4.93. The molecule has 4 N–H and O–H groups in total. The van der Waals surface area contributed by atoms with Crippen LogP contribution in [0.4, 0.5) is 0 Å². The second-order valence-corrected chi connectivity index (χ2v) is 4.93. The number of aliphatic hydroxyl groups is 3. The van der Waals surface area contributed by atoms with Crippen molar-refractivity contribution in [3.8, 4) is 11.5 Å². The van der Waals surface area contributed by atoms with Gasteiger partial charge in [0.1, 0.15) is 42.5 Å². The van der Waals surface area contributed by atoms with E-state index in [1.807, 2.05) is 0 Å². The van der Waals surface area contributed by atoms with Gasteiger partial charge >= 0.3 is 5.97 Å². The molecule has 1 heterocycles. The average molecular weight is 314 g/mol. The predicted octanol–water partition coefficient (Wildman–Crippen LogP) is -0.858. The van der Waals surface area contributed by atoms with Crippen molar-refractivity contribution in [1.82, 2.24) is 0 Å². The van der Waals surface area contributed by atoms with E-state index in [-0.39, 0.29) is 18.1 Å². The van der Waals surface area contributed by atoms with Crippen molar-refractivity contribution in [3.05, 3.63) is 24.3 Å². The van der Waals surface area contributed by atoms with Crippen LogP contribution in [0.15, 0.2) is 24.3 Å². The van der Waals surface area contributed by atoms with Gasteiger partial charge in [0.15, 0.2) is 0 Å². The molecule has 0 spiro atoms. The fraction of sp³-hybridized carbons (Fsp3) is 0.500. The summed E-state index contributed by atoms with van der Waals surface area (Å²) in [4.78, 5) is 10.8. The molecule has 0 bridgehead atoms. The largest absolute Gasteiger partial charge is 0.508 e. The zero-order chi connectivity index (χ0) is 16.3. The van der Waals surface area contributed by atoms with E-state index >= 15 is 0 Å². The Balaban J connectivity index is 2.05. The van der Waals surface area contributed by atoms with Gasteiger partial charge in [0.25, 0.3) is 0 Å². The van der Waals surface area contributed by atoms with Crippen LogP contribution in [0.25, 0.3) is 0 Å². The number of ether oxygens (including phenoxy) is 3. The molecule has 5 atom stereocenters. The van der Waals surface area contributed by atoms with E-state index in [9.17, 15) is 25.2 Å². The van der Waals surface area contributed by atoms with Gasteiger partial charge in [-0.25, -0.2) is 0 Å². The van der Waals surface area contributed by atoms with E-state index in [0.717, 1.165) is 0 Å². The van der Waals surface area contributed by atoms with E-state index in [0.29, 0.717) is 0 Å². The summed E-state index contributed by atoms with van der Waals surface area (Å²) in [6, 6.07) is 5.66. The molecule has 0 aliphatic carbocycles. The van der Waals surface area contributed by atoms with E-state index in [1.165, 1.54) is 31.2 Å². The smallest absolute Gasteiger partial charge is 0.302 e. The van der Waals surface area contributed by atoms with Crippen molar-refractivity contribution in [2.75, 3.05) is 6.61 Å². The number of benzene rings is 1. The van der Waals surface area contributed by atoms with Gasteiger partial charge in [-0.15, -0.1) is 0 Å². The lowest BCUT2D eigenvalue weighted by atomic mass is 9.99. The zero-order valence-corrected chi connectivity index (χ0v) is 11.8. The lowest BCUT2D eigenvalue weighted by Crippen LogP contribution is -2.60. The fourth-order valence-corrected chi connectivity index (χ4v) is 2.01. The van der Waals surface area contributed by atoms with Gasteiger partial charge in [0.05, 0.1) is 0 Å². The quantitative estimate of drug-likeness (QED) is 0.529. The van der Waals surface area contributed by atoms with Gasteiger partial charge in [-0.05, 0) is 24.3 Å². The van der Waals surface area contributed by atoms with Crippen LogP contribution in [0.2, 0.25) is 0 Å². The molecule has 0 saturated carbocycles. The topological polar surface area (TPSA) is 126 Å². The first-order valence-corrected chi connectivity index (χ1v) is 6.67. The summed E-state index contributed by atoms with van der Waals surface area (Å²) in [6.45, 7) is 0.917. The van der Waals surface area contributed by atoms with Crippen molar-refractivity contribution >= 4 is 5.97 Å². The first-order valence-electron chi connectivity index (χ1n) is 6.67. The number of hydrogen-bond donors (Lipinski definition) is 4. The number of carbonyl (C=O) groups excluding carboxylic acids is 1. The molecule has 5 unspecified atom stereocenters. The van der Waals surface area contributed by atoms with E-state index in [2.05, 4.69) is 0 Å². The maximum absolute atomic E-state index is 10.8. The van der Waals surface area contributed by atoms with Crippen LogP contribution in [0.5, 0.6) is 11.5 Å². The minimum absolute atomic E-state index is 0.0423. The van der Waals surface area contributed by atoms with Gasteiger partial charge in [-0.1, -0.05) is 0 Å². The summed E-state index contributed by atoms with van der Waals surface area (Å²) in [5.41, 5.74) is 0. The van der Waals surface area contributed by atoms with Crippen molar-refractivity contribution in [3.63, 3.8) is 0 Å². The first-order chi connectivity index (χ1) is 10.4. The Hall–Kier alpha value is -1.87. The predicted molar refractivity (Wildman–Crippen MR) is 72.0 cm³/mol. The first kappa shape index (κ1) is 16.5. The molecule has 8 nitrogen and oxygen atoms in total. The molecule has 0 aromatic heterocycles. The Kier molecular flexibility index (Phi) is 5.19. The van der Waals surface area contributed by atoms with Crippen molar-refractivity contribution in [2.24, 2.45) is 0 Å². The van der Waals surface area contributed by atoms with Crippen LogP contribution in [-0.4, -0.2) is 63.7 Å². The number of phenolic OH excluding ortho intramolecular Hbond substituents is 1. The SMILES string of the molecule is CC(=O)OCC1OC(Oc2ccc(O)cc2)C(O)C(O)C1O. The number of esters is 1. The number of aliphatic hydroxyl groups excluding tert-OH is 3. The Morgan fingerprint density at radius 2 is 1.77 bits per heavy atom. The monoisotopic (exact) mass is 314 g/mol. The zero-order valence-electron chi connectivity index (χ0n) is 11.8. The van der Waals surface area contributed by atoms with Gasteiger partial charge in [-0.3, -0.25) is 4.79 Å². The summed E-state index contributed by atoms with van der Waals surface area (Å²) in [7, 11) is 0. The molecule has 22 heavy (non-hydrogen) atoms. The van der Waals surface area contributed by atoms with Crippen LogP contribution in [0.1, 0.15) is 6.92 Å². The summed E-state index contributed by atoms with van der Waals surface area (Å²) in [5.74, 6) is -0.232. The Bertz CT molecular complexity index is 502. The highest BCUT2D eigenvalue weighted by molar-refractivity contribution is 5.65. The highest BCUT2D eigenvalue weighted by Gasteiger charge is 2.45. The molecular formula is C14H18O8. The normalized spacial score (nSPS) is 31.5. The maximum Gasteiger partial charge on any atom is 0.302 e. The molecule has 122 valence electrons. The molecule has 1 saturated heterocycles. The summed E-state index contributed by atoms with van der Waals surface area (Å²) >= 11 is 0. The third-order valence-corrected chi connectivity index (χ3v) is 3.21. The van der Waals surface area contributed by atoms with Crippen LogP contribution >= 0.6 is 0 Å². The van der Waals surface area contributed by atoms with Gasteiger partial charge < -0.3 is 34.6 Å². The highest BCUT2D eigenvalue weighted by Crippen LogP contribution is 2.25. The molecule has 0 radical (unpaired) electrons. The van der Waals surface area contributed by atoms with Crippen molar-refractivity contribution < 1.29 is 39.4 Å². The molecule has 1 aromatic carbocycles. The fourth-order valence-electron chi connectivity index (χ4n) is 2.01. The highest BCUT2D eigenvalue weighted by atomic mass is 16.7. The van der Waals surface area contributed by atoms with Crippen LogP contribution in [0, 0.1) is 0 Å². The minimum atomic E-state index is -1.52. The number of rotatable bonds is 4. The number of aromatic hydroxyl groups is 1. The van der Waals surface area contributed by atoms with E-state index < -0.39 is 36.7 Å². The second kappa shape index (κ2) is 6.93. The van der Waals surface area contributed by atoms with Crippen LogP contribution in [-0.2, 0) is 14.3 Å². The maximum atomic E-state index is 10.8. The lowest BCUT2D eigenvalue weighted by Gasteiger charge is -2.39. The van der Waals surface area contributed by atoms with Crippen LogP contribution < -0.4 is 4.74 Å². The molecular weight excluding hydrogens is 296 g/mol. The summed E-state index contributed by atoms with van der Waals surface area (Å²) in [6.07, 6.45) is -6.73. The number of hydrogen-bond acceptors (Lipinski definition) is 8. The van der Waals surface area contributed by atoms with Crippen LogP contribution in [0.3, 0.4) is 0 Å². The van der Waals surface area contributed by atoms with Crippen molar-refractivity contribution in [2.45, 2.75) is 37.6 Å². The third-order valence-electron chi connectivity index (χ3n) is 3.21. The van der Waals surface area contributed by atoms with Gasteiger partial charge in [-0.2, -0.15) is 0 Å². The third kappa shape index (κ3) is 3.86.